The predicted molar refractivity (Wildman–Crippen MR) is 130 cm³/mol. The maximum absolute atomic E-state index is 13.5. The highest BCUT2D eigenvalue weighted by molar-refractivity contribution is 7.92. The first kappa shape index (κ1) is 23.7. The summed E-state index contributed by atoms with van der Waals surface area (Å²) in [5.74, 6) is -1.01. The molecule has 9 heteroatoms. The summed E-state index contributed by atoms with van der Waals surface area (Å²) in [4.78, 5) is 15.1. The van der Waals surface area contributed by atoms with E-state index in [4.69, 9.17) is 4.74 Å². The van der Waals surface area contributed by atoms with Crippen LogP contribution in [0.15, 0.2) is 77.7 Å². The molecule has 0 radical (unpaired) electrons. The number of morpholine rings is 1. The summed E-state index contributed by atoms with van der Waals surface area (Å²) in [5, 5.41) is 2.75. The van der Waals surface area contributed by atoms with Gasteiger partial charge in [0.05, 0.1) is 23.8 Å². The second-order valence-electron chi connectivity index (χ2n) is 8.00. The third kappa shape index (κ3) is 5.55. The van der Waals surface area contributed by atoms with Crippen molar-refractivity contribution in [3.63, 3.8) is 0 Å². The standard InChI is InChI=1S/C25H26FN3O4S/c1-19-2-12-24(13-3-19)34(31,32)29(23-8-4-20(26)5-9-23)18-25(30)27-21-6-10-22(11-7-21)28-14-16-33-17-15-28/h2-13H,14-18H2,1H3,(H,27,30). The van der Waals surface area contributed by atoms with Crippen LogP contribution in [0.4, 0.5) is 21.5 Å². The molecule has 0 aliphatic carbocycles. The van der Waals surface area contributed by atoms with Gasteiger partial charge in [-0.2, -0.15) is 0 Å². The Morgan fingerprint density at radius 3 is 2.21 bits per heavy atom. The van der Waals surface area contributed by atoms with Crippen LogP contribution in [0.25, 0.3) is 0 Å². The van der Waals surface area contributed by atoms with Crippen molar-refractivity contribution in [1.29, 1.82) is 0 Å². The van der Waals surface area contributed by atoms with Crippen LogP contribution in [0, 0.1) is 12.7 Å². The van der Waals surface area contributed by atoms with Crippen molar-refractivity contribution in [1.82, 2.24) is 0 Å². The Hall–Kier alpha value is -3.43. The highest BCUT2D eigenvalue weighted by Gasteiger charge is 2.27. The molecule has 1 aliphatic heterocycles. The fourth-order valence-electron chi connectivity index (χ4n) is 3.67. The lowest BCUT2D eigenvalue weighted by molar-refractivity contribution is -0.114. The van der Waals surface area contributed by atoms with Gasteiger partial charge in [-0.25, -0.2) is 12.8 Å². The quantitative estimate of drug-likeness (QED) is 0.553. The molecule has 3 aromatic rings. The number of hydrogen-bond acceptors (Lipinski definition) is 5. The van der Waals surface area contributed by atoms with Crippen LogP contribution < -0.4 is 14.5 Å². The number of nitrogens with one attached hydrogen (secondary N) is 1. The van der Waals surface area contributed by atoms with E-state index in [0.717, 1.165) is 40.8 Å². The Balaban J connectivity index is 1.53. The average Bonchev–Trinajstić information content (AvgIpc) is 2.84. The minimum atomic E-state index is -4.06. The topological polar surface area (TPSA) is 79.0 Å². The monoisotopic (exact) mass is 483 g/mol. The average molecular weight is 484 g/mol. The molecule has 1 amide bonds. The van der Waals surface area contributed by atoms with Crippen LogP contribution in [0.2, 0.25) is 0 Å². The summed E-state index contributed by atoms with van der Waals surface area (Å²) in [6.07, 6.45) is 0. The fraction of sp³-hybridized carbons (Fsp3) is 0.240. The van der Waals surface area contributed by atoms with Gasteiger partial charge in [-0.3, -0.25) is 9.10 Å². The van der Waals surface area contributed by atoms with E-state index in [1.807, 2.05) is 19.1 Å². The number of carbonyl (C=O) groups is 1. The van der Waals surface area contributed by atoms with Gasteiger partial charge in [-0.15, -0.1) is 0 Å². The fourth-order valence-corrected chi connectivity index (χ4v) is 5.09. The first-order valence-corrected chi connectivity index (χ1v) is 12.3. The Morgan fingerprint density at radius 1 is 0.971 bits per heavy atom. The van der Waals surface area contributed by atoms with Crippen LogP contribution in [0.3, 0.4) is 0 Å². The molecule has 0 atom stereocenters. The molecule has 1 heterocycles. The van der Waals surface area contributed by atoms with Gasteiger partial charge in [0.2, 0.25) is 5.91 Å². The van der Waals surface area contributed by atoms with E-state index in [9.17, 15) is 17.6 Å². The van der Waals surface area contributed by atoms with Crippen molar-refractivity contribution >= 4 is 33.0 Å². The third-order valence-electron chi connectivity index (χ3n) is 5.54. The third-order valence-corrected chi connectivity index (χ3v) is 7.33. The summed E-state index contributed by atoms with van der Waals surface area (Å²) in [7, 11) is -4.06. The molecule has 1 N–H and O–H groups in total. The number of halogens is 1. The largest absolute Gasteiger partial charge is 0.378 e. The highest BCUT2D eigenvalue weighted by Crippen LogP contribution is 2.25. The number of aryl methyl sites for hydroxylation is 1. The first-order valence-electron chi connectivity index (χ1n) is 10.9. The molecular formula is C25H26FN3O4S. The smallest absolute Gasteiger partial charge is 0.264 e. The minimum Gasteiger partial charge on any atom is -0.378 e. The van der Waals surface area contributed by atoms with Crippen LogP contribution in [-0.4, -0.2) is 47.2 Å². The van der Waals surface area contributed by atoms with Crippen LogP contribution in [0.5, 0.6) is 0 Å². The van der Waals surface area contributed by atoms with Crippen LogP contribution in [-0.2, 0) is 19.6 Å². The van der Waals surface area contributed by atoms with Crippen molar-refractivity contribution in [2.45, 2.75) is 11.8 Å². The van der Waals surface area contributed by atoms with Gasteiger partial charge in [0.1, 0.15) is 12.4 Å². The summed E-state index contributed by atoms with van der Waals surface area (Å²) in [6.45, 7) is 4.34. The molecule has 34 heavy (non-hydrogen) atoms. The summed E-state index contributed by atoms with van der Waals surface area (Å²) in [6, 6.07) is 18.7. The molecule has 4 rings (SSSR count). The van der Waals surface area contributed by atoms with Gasteiger partial charge in [0, 0.05) is 24.5 Å². The van der Waals surface area contributed by atoms with Gasteiger partial charge in [0.25, 0.3) is 10.0 Å². The van der Waals surface area contributed by atoms with Gasteiger partial charge < -0.3 is 15.0 Å². The number of hydrogen-bond donors (Lipinski definition) is 1. The number of anilines is 3. The van der Waals surface area contributed by atoms with Crippen LogP contribution >= 0.6 is 0 Å². The zero-order valence-corrected chi connectivity index (χ0v) is 19.6. The maximum atomic E-state index is 13.5. The zero-order valence-electron chi connectivity index (χ0n) is 18.8. The Bertz CT molecular complexity index is 1220. The summed E-state index contributed by atoms with van der Waals surface area (Å²) < 4.78 is 46.6. The molecule has 178 valence electrons. The second-order valence-corrected chi connectivity index (χ2v) is 9.86. The molecular weight excluding hydrogens is 457 g/mol. The molecule has 1 aliphatic rings. The van der Waals surface area contributed by atoms with Crippen molar-refractivity contribution in [3.8, 4) is 0 Å². The molecule has 1 fully saturated rings. The SMILES string of the molecule is Cc1ccc(S(=O)(=O)N(CC(=O)Nc2ccc(N3CCOCC3)cc2)c2ccc(F)cc2)cc1. The van der Waals surface area contributed by atoms with E-state index in [1.54, 1.807) is 24.3 Å². The summed E-state index contributed by atoms with van der Waals surface area (Å²) >= 11 is 0. The molecule has 0 bridgehead atoms. The lowest BCUT2D eigenvalue weighted by atomic mass is 10.2. The van der Waals surface area contributed by atoms with Crippen molar-refractivity contribution in [3.05, 3.63) is 84.2 Å². The van der Waals surface area contributed by atoms with E-state index >= 15 is 0 Å². The number of benzene rings is 3. The van der Waals surface area contributed by atoms with E-state index < -0.39 is 28.3 Å². The molecule has 0 spiro atoms. The number of sulfonamides is 1. The van der Waals surface area contributed by atoms with E-state index in [1.165, 1.54) is 24.3 Å². The zero-order chi connectivity index (χ0) is 24.1. The van der Waals surface area contributed by atoms with Gasteiger partial charge in [-0.05, 0) is 67.6 Å². The number of rotatable bonds is 7. The lowest BCUT2D eigenvalue weighted by Gasteiger charge is -2.29. The number of amides is 1. The Kier molecular flexibility index (Phi) is 7.14. The number of carbonyl (C=O) groups excluding carboxylic acids is 1. The lowest BCUT2D eigenvalue weighted by Crippen LogP contribution is -2.38. The minimum absolute atomic E-state index is 0.0464. The molecule has 3 aromatic carbocycles. The molecule has 0 saturated carbocycles. The normalized spacial score (nSPS) is 14.0. The van der Waals surface area contributed by atoms with E-state index in [-0.39, 0.29) is 10.6 Å². The Labute approximate surface area is 198 Å². The van der Waals surface area contributed by atoms with E-state index in [0.29, 0.717) is 18.9 Å². The maximum Gasteiger partial charge on any atom is 0.264 e. The van der Waals surface area contributed by atoms with Crippen molar-refractivity contribution in [2.75, 3.05) is 47.4 Å². The number of nitrogens with zero attached hydrogens (tertiary/aromatic N) is 2. The molecule has 0 aromatic heterocycles. The summed E-state index contributed by atoms with van der Waals surface area (Å²) in [5.41, 5.74) is 2.68. The van der Waals surface area contributed by atoms with Crippen LogP contribution in [0.1, 0.15) is 5.56 Å². The van der Waals surface area contributed by atoms with Gasteiger partial charge >= 0.3 is 0 Å². The van der Waals surface area contributed by atoms with Gasteiger partial charge in [-0.1, -0.05) is 17.7 Å². The molecule has 7 nitrogen and oxygen atoms in total. The Morgan fingerprint density at radius 2 is 1.59 bits per heavy atom. The predicted octanol–water partition coefficient (Wildman–Crippen LogP) is 3.80. The van der Waals surface area contributed by atoms with Crippen molar-refractivity contribution < 1.29 is 22.3 Å². The second kappa shape index (κ2) is 10.2. The van der Waals surface area contributed by atoms with Crippen molar-refractivity contribution in [2.24, 2.45) is 0 Å². The molecule has 1 saturated heterocycles. The first-order chi connectivity index (χ1) is 16.3. The number of ether oxygens (including phenoxy) is 1. The van der Waals surface area contributed by atoms with E-state index in [2.05, 4.69) is 10.2 Å². The van der Waals surface area contributed by atoms with Gasteiger partial charge in [0.15, 0.2) is 0 Å². The highest BCUT2D eigenvalue weighted by atomic mass is 32.2. The molecule has 0 unspecified atom stereocenters.